The third-order valence-electron chi connectivity index (χ3n) is 3.41. The van der Waals surface area contributed by atoms with Crippen LogP contribution in [0.2, 0.25) is 5.67 Å². The third kappa shape index (κ3) is 6.50. The lowest BCUT2D eigenvalue weighted by atomic mass is 10.3. The summed E-state index contributed by atoms with van der Waals surface area (Å²) in [5.74, 6) is 0. The summed E-state index contributed by atoms with van der Waals surface area (Å²) < 4.78 is 4.39. The van der Waals surface area contributed by atoms with Gasteiger partial charge in [0.15, 0.2) is 0 Å². The first kappa shape index (κ1) is 22.5. The van der Waals surface area contributed by atoms with Crippen molar-refractivity contribution in [3.05, 3.63) is 0 Å². The minimum absolute atomic E-state index is 0.274. The van der Waals surface area contributed by atoms with E-state index < -0.39 is 13.7 Å². The van der Waals surface area contributed by atoms with Gasteiger partial charge in [0.05, 0.1) is 0 Å². The van der Waals surface area contributed by atoms with Crippen LogP contribution in [-0.2, 0) is 0 Å². The van der Waals surface area contributed by atoms with E-state index in [4.69, 9.17) is 44.3 Å². The molecule has 0 heterocycles. The molecule has 0 aromatic rings. The van der Waals surface area contributed by atoms with Gasteiger partial charge in [-0.2, -0.15) is 0 Å². The molecule has 0 spiro atoms. The SMILES string of the molecule is CC(C)N(C(C)C)[Si](Cl)(Cl)C[Si](Cl)(Cl)N(C(C)C)C(C)C. The lowest BCUT2D eigenvalue weighted by molar-refractivity contribution is 0.298. The molecule has 0 N–H and O–H groups in total. The van der Waals surface area contributed by atoms with Gasteiger partial charge >= 0.3 is 13.7 Å². The fourth-order valence-electron chi connectivity index (χ4n) is 3.14. The van der Waals surface area contributed by atoms with Crippen molar-refractivity contribution in [1.82, 2.24) is 9.13 Å². The highest BCUT2D eigenvalue weighted by molar-refractivity contribution is 7.55. The molecule has 0 saturated carbocycles. The van der Waals surface area contributed by atoms with Crippen molar-refractivity contribution in [3.63, 3.8) is 0 Å². The average Bonchev–Trinajstić information content (AvgIpc) is 2.08. The lowest BCUT2D eigenvalue weighted by Gasteiger charge is -2.44. The maximum absolute atomic E-state index is 6.80. The zero-order valence-electron chi connectivity index (χ0n) is 14.4. The summed E-state index contributed by atoms with van der Waals surface area (Å²) in [6.07, 6.45) is 0. The van der Waals surface area contributed by atoms with Gasteiger partial charge in [0.2, 0.25) is 0 Å². The molecule has 0 amide bonds. The van der Waals surface area contributed by atoms with Gasteiger partial charge in [0.1, 0.15) is 0 Å². The van der Waals surface area contributed by atoms with Crippen molar-refractivity contribution in [2.45, 2.75) is 85.2 Å². The largest absolute Gasteiger partial charge is 0.326 e. The van der Waals surface area contributed by atoms with E-state index in [0.29, 0.717) is 5.67 Å². The van der Waals surface area contributed by atoms with Crippen LogP contribution in [0.25, 0.3) is 0 Å². The molecule has 0 radical (unpaired) electrons. The Morgan fingerprint density at radius 1 is 0.571 bits per heavy atom. The Bertz CT molecular complexity index is 277. The number of rotatable bonds is 8. The summed E-state index contributed by atoms with van der Waals surface area (Å²) in [5, 5.41) is 0. The van der Waals surface area contributed by atoms with E-state index in [2.05, 4.69) is 64.5 Å². The van der Waals surface area contributed by atoms with Crippen molar-refractivity contribution < 1.29 is 0 Å². The molecule has 0 atom stereocenters. The first-order valence-electron chi connectivity index (χ1n) is 7.56. The normalized spacial score (nSPS) is 14.6. The number of hydrogen-bond donors (Lipinski definition) is 0. The molecule has 0 aliphatic carbocycles. The molecular formula is C13H30Cl4N2Si2. The van der Waals surface area contributed by atoms with Crippen LogP contribution in [0, 0.1) is 0 Å². The minimum atomic E-state index is -2.71. The first-order valence-corrected chi connectivity index (χ1v) is 15.9. The van der Waals surface area contributed by atoms with E-state index >= 15 is 0 Å². The van der Waals surface area contributed by atoms with Crippen LogP contribution in [0.5, 0.6) is 0 Å². The molecule has 2 nitrogen and oxygen atoms in total. The summed E-state index contributed by atoms with van der Waals surface area (Å²) in [6, 6.07) is 1.10. The van der Waals surface area contributed by atoms with E-state index in [0.717, 1.165) is 0 Å². The predicted octanol–water partition coefficient (Wildman–Crippen LogP) is 5.60. The molecule has 0 aliphatic heterocycles. The summed E-state index contributed by atoms with van der Waals surface area (Å²) in [6.45, 7) is 11.5. The minimum Gasteiger partial charge on any atom is -0.296 e. The van der Waals surface area contributed by atoms with Crippen molar-refractivity contribution in [1.29, 1.82) is 0 Å². The smallest absolute Gasteiger partial charge is 0.296 e. The zero-order valence-corrected chi connectivity index (χ0v) is 19.4. The average molecular weight is 412 g/mol. The Morgan fingerprint density at radius 2 is 0.762 bits per heavy atom. The number of nitrogens with zero attached hydrogens (tertiary/aromatic N) is 2. The second-order valence-corrected chi connectivity index (χ2v) is 20.5. The Morgan fingerprint density at radius 3 is 0.905 bits per heavy atom. The van der Waals surface area contributed by atoms with E-state index in [1.807, 2.05) is 0 Å². The molecule has 0 rings (SSSR count). The molecule has 0 bridgehead atoms. The molecular weight excluding hydrogens is 382 g/mol. The fraction of sp³-hybridized carbons (Fsp3) is 1.00. The maximum atomic E-state index is 6.80. The van der Waals surface area contributed by atoms with Crippen LogP contribution in [0.1, 0.15) is 55.4 Å². The Labute approximate surface area is 152 Å². The highest BCUT2D eigenvalue weighted by atomic mass is 35.7. The molecule has 0 fully saturated rings. The van der Waals surface area contributed by atoms with Crippen LogP contribution in [0.15, 0.2) is 0 Å². The van der Waals surface area contributed by atoms with Gasteiger partial charge < -0.3 is 0 Å². The molecule has 8 heteroatoms. The van der Waals surface area contributed by atoms with Gasteiger partial charge in [0.25, 0.3) is 0 Å². The Hall–Kier alpha value is 1.51. The van der Waals surface area contributed by atoms with E-state index in [1.54, 1.807) is 0 Å². The van der Waals surface area contributed by atoms with Crippen LogP contribution in [-0.4, -0.2) is 47.0 Å². The summed E-state index contributed by atoms with van der Waals surface area (Å²) >= 11 is 27.2. The summed E-state index contributed by atoms with van der Waals surface area (Å²) in [7, 11) is 0. The van der Waals surface area contributed by atoms with Gasteiger partial charge in [-0.05, 0) is 24.2 Å². The molecule has 0 unspecified atom stereocenters. The molecule has 0 aromatic carbocycles. The predicted molar refractivity (Wildman–Crippen MR) is 104 cm³/mol. The van der Waals surface area contributed by atoms with Gasteiger partial charge in [-0.25, -0.2) is 0 Å². The number of halogens is 4. The van der Waals surface area contributed by atoms with E-state index in [-0.39, 0.29) is 24.2 Å². The van der Waals surface area contributed by atoms with Crippen LogP contribution >= 0.6 is 44.3 Å². The monoisotopic (exact) mass is 410 g/mol. The van der Waals surface area contributed by atoms with Gasteiger partial charge in [0, 0.05) is 5.67 Å². The van der Waals surface area contributed by atoms with Gasteiger partial charge in [-0.1, -0.05) is 55.4 Å². The van der Waals surface area contributed by atoms with E-state index in [1.165, 1.54) is 0 Å². The third-order valence-corrected chi connectivity index (χ3v) is 17.5. The fourth-order valence-corrected chi connectivity index (χ4v) is 23.8. The van der Waals surface area contributed by atoms with Crippen molar-refractivity contribution in [3.8, 4) is 0 Å². The maximum Gasteiger partial charge on any atom is 0.326 e. The Balaban J connectivity index is 5.38. The van der Waals surface area contributed by atoms with Crippen molar-refractivity contribution in [2.75, 3.05) is 0 Å². The summed E-state index contributed by atoms with van der Waals surface area (Å²) in [5.41, 5.74) is 0.513. The van der Waals surface area contributed by atoms with Crippen LogP contribution in [0.4, 0.5) is 0 Å². The van der Waals surface area contributed by atoms with Crippen molar-refractivity contribution in [2.24, 2.45) is 0 Å². The lowest BCUT2D eigenvalue weighted by Crippen LogP contribution is -2.61. The van der Waals surface area contributed by atoms with Gasteiger partial charge in [-0.3, -0.25) is 9.13 Å². The van der Waals surface area contributed by atoms with Crippen LogP contribution < -0.4 is 0 Å². The van der Waals surface area contributed by atoms with Crippen LogP contribution in [0.3, 0.4) is 0 Å². The quantitative estimate of drug-likeness (QED) is 0.379. The highest BCUT2D eigenvalue weighted by Crippen LogP contribution is 2.39. The molecule has 128 valence electrons. The van der Waals surface area contributed by atoms with Gasteiger partial charge in [-0.15, -0.1) is 44.3 Å². The summed E-state index contributed by atoms with van der Waals surface area (Å²) in [4.78, 5) is 0. The molecule has 21 heavy (non-hydrogen) atoms. The molecule has 0 aromatic heterocycles. The highest BCUT2D eigenvalue weighted by Gasteiger charge is 2.51. The first-order chi connectivity index (χ1) is 9.24. The second-order valence-electron chi connectivity index (χ2n) is 6.70. The second kappa shape index (κ2) is 8.56. The zero-order chi connectivity index (χ0) is 17.2. The molecule has 0 aliphatic rings. The topological polar surface area (TPSA) is 6.48 Å². The standard InChI is InChI=1S/C13H30Cl4N2Si2/c1-10(2)18(11(3)4)20(14,15)9-21(16,17)19(12(5)6)13(7)8/h10-13H,9H2,1-8H3. The number of hydrogen-bond acceptors (Lipinski definition) is 2. The Kier molecular flexibility index (Phi) is 9.18. The van der Waals surface area contributed by atoms with E-state index in [9.17, 15) is 0 Å². The molecule has 0 saturated heterocycles. The van der Waals surface area contributed by atoms with Crippen molar-refractivity contribution >= 4 is 58.0 Å².